The van der Waals surface area contributed by atoms with Crippen molar-refractivity contribution in [1.82, 2.24) is 4.31 Å². The van der Waals surface area contributed by atoms with Crippen molar-refractivity contribution in [1.29, 1.82) is 0 Å². The van der Waals surface area contributed by atoms with Crippen molar-refractivity contribution in [3.05, 3.63) is 35.4 Å². The van der Waals surface area contributed by atoms with Gasteiger partial charge in [-0.15, -0.1) is 0 Å². The van der Waals surface area contributed by atoms with Crippen molar-refractivity contribution in [2.45, 2.75) is 37.0 Å². The summed E-state index contributed by atoms with van der Waals surface area (Å²) in [5.74, 6) is 0.574. The lowest BCUT2D eigenvalue weighted by molar-refractivity contribution is 0.380. The third kappa shape index (κ3) is 2.85. The van der Waals surface area contributed by atoms with Gasteiger partial charge in [-0.25, -0.2) is 8.42 Å². The van der Waals surface area contributed by atoms with Gasteiger partial charge in [0.2, 0.25) is 10.0 Å². The quantitative estimate of drug-likeness (QED) is 0.807. The Hall–Kier alpha value is -1.33. The molecule has 1 saturated heterocycles. The van der Waals surface area contributed by atoms with Gasteiger partial charge in [0.25, 0.3) is 0 Å². The van der Waals surface area contributed by atoms with Crippen molar-refractivity contribution >= 4 is 10.0 Å². The predicted molar refractivity (Wildman–Crippen MR) is 81.9 cm³/mol. The maximum atomic E-state index is 12.7. The summed E-state index contributed by atoms with van der Waals surface area (Å²) in [6.45, 7) is 1.19. The minimum atomic E-state index is -3.40. The molecule has 0 radical (unpaired) electrons. The summed E-state index contributed by atoms with van der Waals surface area (Å²) >= 11 is 0. The number of ether oxygens (including phenoxy) is 1. The number of methoxy groups -OCH3 is 1. The first-order valence-electron chi connectivity index (χ1n) is 7.45. The molecular weight excluding hydrogens is 286 g/mol. The van der Waals surface area contributed by atoms with E-state index < -0.39 is 10.0 Å². The first-order chi connectivity index (χ1) is 10.1. The van der Waals surface area contributed by atoms with E-state index >= 15 is 0 Å². The van der Waals surface area contributed by atoms with Gasteiger partial charge in [-0.3, -0.25) is 0 Å². The monoisotopic (exact) mass is 307 g/mol. The van der Waals surface area contributed by atoms with E-state index in [2.05, 4.69) is 0 Å². The van der Waals surface area contributed by atoms with E-state index in [9.17, 15) is 8.42 Å². The van der Waals surface area contributed by atoms with E-state index in [-0.39, 0.29) is 0 Å². The predicted octanol–water partition coefficient (Wildman–Crippen LogP) is 2.96. The van der Waals surface area contributed by atoms with E-state index in [1.807, 2.05) is 0 Å². The molecule has 1 heterocycles. The van der Waals surface area contributed by atoms with Crippen LogP contribution >= 0.6 is 0 Å². The van der Waals surface area contributed by atoms with Gasteiger partial charge in [-0.05, 0) is 44.2 Å². The number of piperidine rings is 1. The number of rotatable bonds is 3. The van der Waals surface area contributed by atoms with E-state index in [0.717, 1.165) is 12.8 Å². The maximum Gasteiger partial charge on any atom is 0.243 e. The number of benzene rings is 1. The maximum absolute atomic E-state index is 12.7. The lowest BCUT2D eigenvalue weighted by Gasteiger charge is -2.31. The molecule has 21 heavy (non-hydrogen) atoms. The van der Waals surface area contributed by atoms with Crippen molar-refractivity contribution < 1.29 is 13.2 Å². The van der Waals surface area contributed by atoms with Crippen LogP contribution < -0.4 is 4.74 Å². The molecule has 0 bridgehead atoms. The average molecular weight is 307 g/mol. The molecule has 5 heteroatoms. The van der Waals surface area contributed by atoms with Crippen LogP contribution in [0, 0.1) is 0 Å². The Bertz CT molecular complexity index is 648. The molecule has 114 valence electrons. The summed E-state index contributed by atoms with van der Waals surface area (Å²) in [6, 6.07) is 6.71. The van der Waals surface area contributed by atoms with Crippen LogP contribution in [0.2, 0.25) is 0 Å². The Morgan fingerprint density at radius 3 is 2.29 bits per heavy atom. The average Bonchev–Trinajstić information content (AvgIpc) is 2.46. The lowest BCUT2D eigenvalue weighted by Crippen LogP contribution is -2.36. The van der Waals surface area contributed by atoms with Gasteiger partial charge < -0.3 is 4.74 Å². The zero-order chi connectivity index (χ0) is 14.9. The fraction of sp³-hybridized carbons (Fsp3) is 0.500. The number of hydrogen-bond acceptors (Lipinski definition) is 3. The highest BCUT2D eigenvalue weighted by Crippen LogP contribution is 2.34. The number of allylic oxidation sites excluding steroid dienone is 1. The molecule has 1 aromatic rings. The molecule has 2 fully saturated rings. The molecule has 1 aliphatic carbocycles. The van der Waals surface area contributed by atoms with Crippen molar-refractivity contribution in [2.75, 3.05) is 20.2 Å². The number of hydrogen-bond donors (Lipinski definition) is 0. The fourth-order valence-electron chi connectivity index (χ4n) is 2.97. The topological polar surface area (TPSA) is 46.6 Å². The van der Waals surface area contributed by atoms with Crippen LogP contribution in [0.25, 0.3) is 0 Å². The Balaban J connectivity index is 1.76. The Morgan fingerprint density at radius 1 is 1.05 bits per heavy atom. The normalized spacial score (nSPS) is 20.2. The van der Waals surface area contributed by atoms with Crippen LogP contribution in [0.15, 0.2) is 40.3 Å². The van der Waals surface area contributed by atoms with Crippen LogP contribution in [0.5, 0.6) is 5.75 Å². The van der Waals surface area contributed by atoms with Crippen molar-refractivity contribution in [3.8, 4) is 5.75 Å². The molecule has 4 nitrogen and oxygen atoms in total. The number of sulfonamides is 1. The van der Waals surface area contributed by atoms with Gasteiger partial charge in [0.15, 0.2) is 0 Å². The molecule has 0 aromatic heterocycles. The minimum absolute atomic E-state index is 0.321. The second-order valence-electron chi connectivity index (χ2n) is 5.64. The summed E-state index contributed by atoms with van der Waals surface area (Å²) in [7, 11) is -1.86. The number of nitrogens with zero attached hydrogens (tertiary/aromatic N) is 1. The van der Waals surface area contributed by atoms with Crippen LogP contribution in [-0.4, -0.2) is 32.9 Å². The molecule has 3 rings (SSSR count). The van der Waals surface area contributed by atoms with Crippen LogP contribution in [0.3, 0.4) is 0 Å². The van der Waals surface area contributed by atoms with Gasteiger partial charge >= 0.3 is 0 Å². The largest absolute Gasteiger partial charge is 0.497 e. The Morgan fingerprint density at radius 2 is 1.71 bits per heavy atom. The zero-order valence-corrected chi connectivity index (χ0v) is 13.2. The molecule has 0 amide bonds. The van der Waals surface area contributed by atoms with Gasteiger partial charge in [-0.2, -0.15) is 4.31 Å². The zero-order valence-electron chi connectivity index (χ0n) is 12.3. The first kappa shape index (κ1) is 14.6. The Labute approximate surface area is 126 Å². The molecule has 0 N–H and O–H groups in total. The SMILES string of the molecule is COc1cccc(S(=O)(=O)N2CCC(=C3CCC3)CC2)c1. The van der Waals surface area contributed by atoms with E-state index in [1.165, 1.54) is 24.8 Å². The summed E-state index contributed by atoms with van der Waals surface area (Å²) in [4.78, 5) is 0.321. The standard InChI is InChI=1S/C16H21NO3S/c1-20-15-6-3-7-16(12-15)21(18,19)17-10-8-14(9-11-17)13-4-2-5-13/h3,6-7,12H,2,4-5,8-11H2,1H3. The molecule has 0 unspecified atom stereocenters. The van der Waals surface area contributed by atoms with E-state index in [4.69, 9.17) is 4.74 Å². The summed E-state index contributed by atoms with van der Waals surface area (Å²) in [5, 5.41) is 0. The first-order valence-corrected chi connectivity index (χ1v) is 8.89. The van der Waals surface area contributed by atoms with Gasteiger partial charge in [0.05, 0.1) is 12.0 Å². The summed E-state index contributed by atoms with van der Waals surface area (Å²) in [6.07, 6.45) is 5.51. The molecule has 2 aliphatic rings. The highest BCUT2D eigenvalue weighted by molar-refractivity contribution is 7.89. The molecule has 1 aromatic carbocycles. The molecule has 1 aliphatic heterocycles. The summed E-state index contributed by atoms with van der Waals surface area (Å²) in [5.41, 5.74) is 3.08. The third-order valence-electron chi connectivity index (χ3n) is 4.46. The second kappa shape index (κ2) is 5.81. The van der Waals surface area contributed by atoms with Gasteiger partial charge in [0, 0.05) is 19.2 Å². The van der Waals surface area contributed by atoms with Crippen molar-refractivity contribution in [3.63, 3.8) is 0 Å². The summed E-state index contributed by atoms with van der Waals surface area (Å²) < 4.78 is 32.1. The van der Waals surface area contributed by atoms with Crippen LogP contribution in [0.1, 0.15) is 32.1 Å². The second-order valence-corrected chi connectivity index (χ2v) is 7.58. The van der Waals surface area contributed by atoms with E-state index in [1.54, 1.807) is 41.3 Å². The van der Waals surface area contributed by atoms with E-state index in [0.29, 0.717) is 23.7 Å². The highest BCUT2D eigenvalue weighted by atomic mass is 32.2. The Kier molecular flexibility index (Phi) is 4.04. The lowest BCUT2D eigenvalue weighted by atomic mass is 9.85. The van der Waals surface area contributed by atoms with Crippen LogP contribution in [-0.2, 0) is 10.0 Å². The fourth-order valence-corrected chi connectivity index (χ4v) is 4.44. The molecular formula is C16H21NO3S. The molecule has 1 saturated carbocycles. The van der Waals surface area contributed by atoms with Crippen LogP contribution in [0.4, 0.5) is 0 Å². The van der Waals surface area contributed by atoms with Gasteiger partial charge in [0.1, 0.15) is 5.75 Å². The third-order valence-corrected chi connectivity index (χ3v) is 6.36. The molecule has 0 atom stereocenters. The highest BCUT2D eigenvalue weighted by Gasteiger charge is 2.29. The smallest absolute Gasteiger partial charge is 0.243 e. The molecule has 0 spiro atoms. The van der Waals surface area contributed by atoms with Gasteiger partial charge in [-0.1, -0.05) is 17.2 Å². The van der Waals surface area contributed by atoms with Crippen molar-refractivity contribution in [2.24, 2.45) is 0 Å². The minimum Gasteiger partial charge on any atom is -0.497 e.